The Balaban J connectivity index is 1.83. The highest BCUT2D eigenvalue weighted by atomic mass is 35.5. The van der Waals surface area contributed by atoms with Gasteiger partial charge in [-0.1, -0.05) is 23.7 Å². The number of halogens is 1. The van der Waals surface area contributed by atoms with E-state index in [2.05, 4.69) is 5.32 Å². The van der Waals surface area contributed by atoms with Gasteiger partial charge in [0.1, 0.15) is 5.75 Å². The van der Waals surface area contributed by atoms with Gasteiger partial charge in [-0.3, -0.25) is 9.59 Å². The molecule has 1 aliphatic rings. The summed E-state index contributed by atoms with van der Waals surface area (Å²) < 4.78 is 5.43. The lowest BCUT2D eigenvalue weighted by Gasteiger charge is -2.28. The fourth-order valence-corrected chi connectivity index (χ4v) is 3.10. The molecule has 2 aromatic carbocycles. The normalized spacial score (nSPS) is 14.3. The van der Waals surface area contributed by atoms with Crippen molar-refractivity contribution >= 4 is 34.8 Å². The van der Waals surface area contributed by atoms with Crippen LogP contribution in [0.2, 0.25) is 5.02 Å². The molecule has 1 N–H and O–H groups in total. The maximum atomic E-state index is 12.4. The number of hydrogen-bond acceptors (Lipinski definition) is 3. The average molecular weight is 359 g/mol. The van der Waals surface area contributed by atoms with Gasteiger partial charge in [0.05, 0.1) is 23.4 Å². The van der Waals surface area contributed by atoms with Crippen LogP contribution in [0.1, 0.15) is 29.6 Å². The van der Waals surface area contributed by atoms with Gasteiger partial charge in [0.2, 0.25) is 5.91 Å². The van der Waals surface area contributed by atoms with Gasteiger partial charge in [-0.05, 0) is 37.1 Å². The smallest absolute Gasteiger partial charge is 0.257 e. The van der Waals surface area contributed by atoms with Crippen LogP contribution >= 0.6 is 11.6 Å². The van der Waals surface area contributed by atoms with Gasteiger partial charge < -0.3 is 15.0 Å². The van der Waals surface area contributed by atoms with Crippen molar-refractivity contribution in [2.45, 2.75) is 19.3 Å². The lowest BCUT2D eigenvalue weighted by atomic mass is 10.1. The Bertz CT molecular complexity index is 807. The molecule has 6 heteroatoms. The highest BCUT2D eigenvalue weighted by Crippen LogP contribution is 2.33. The number of anilines is 2. The molecule has 0 radical (unpaired) electrons. The van der Waals surface area contributed by atoms with E-state index in [0.29, 0.717) is 35.0 Å². The van der Waals surface area contributed by atoms with Gasteiger partial charge >= 0.3 is 0 Å². The monoisotopic (exact) mass is 358 g/mol. The predicted molar refractivity (Wildman–Crippen MR) is 98.6 cm³/mol. The maximum Gasteiger partial charge on any atom is 0.257 e. The van der Waals surface area contributed by atoms with Crippen molar-refractivity contribution in [2.24, 2.45) is 0 Å². The maximum absolute atomic E-state index is 12.4. The molecule has 2 aromatic rings. The van der Waals surface area contributed by atoms with E-state index < -0.39 is 0 Å². The quantitative estimate of drug-likeness (QED) is 0.894. The number of nitrogens with zero attached hydrogens (tertiary/aromatic N) is 1. The molecule has 1 saturated heterocycles. The highest BCUT2D eigenvalue weighted by Gasteiger charge is 2.23. The number of benzene rings is 2. The number of piperidine rings is 1. The summed E-state index contributed by atoms with van der Waals surface area (Å²) in [5, 5.41) is 3.20. The third kappa shape index (κ3) is 3.77. The van der Waals surface area contributed by atoms with Crippen LogP contribution in [0.4, 0.5) is 11.4 Å². The summed E-state index contributed by atoms with van der Waals surface area (Å²) >= 11 is 6.06. The molecular formula is C19H19ClN2O3. The van der Waals surface area contributed by atoms with E-state index >= 15 is 0 Å². The first kappa shape index (κ1) is 17.3. The number of ether oxygens (including phenoxy) is 1. The van der Waals surface area contributed by atoms with Gasteiger partial charge in [-0.15, -0.1) is 0 Å². The molecule has 5 nitrogen and oxygen atoms in total. The van der Waals surface area contributed by atoms with E-state index in [-0.39, 0.29) is 11.8 Å². The van der Waals surface area contributed by atoms with Crippen LogP contribution in [-0.4, -0.2) is 25.5 Å². The largest absolute Gasteiger partial charge is 0.494 e. The molecule has 2 amide bonds. The molecule has 1 aliphatic heterocycles. The van der Waals surface area contributed by atoms with Crippen molar-refractivity contribution in [3.05, 3.63) is 53.1 Å². The molecule has 1 heterocycles. The number of amides is 2. The molecule has 0 aromatic heterocycles. The van der Waals surface area contributed by atoms with E-state index in [9.17, 15) is 9.59 Å². The SMILES string of the molecule is COc1cc(NC(=O)c2ccccc2Cl)ccc1N1CCCCC1=O. The third-order valence-corrected chi connectivity index (χ3v) is 4.50. The molecule has 0 aliphatic carbocycles. The molecule has 0 saturated carbocycles. The van der Waals surface area contributed by atoms with Crippen LogP contribution in [0.3, 0.4) is 0 Å². The first-order chi connectivity index (χ1) is 12.1. The summed E-state index contributed by atoms with van der Waals surface area (Å²) in [4.78, 5) is 26.2. The molecule has 25 heavy (non-hydrogen) atoms. The van der Waals surface area contributed by atoms with E-state index in [1.165, 1.54) is 0 Å². The third-order valence-electron chi connectivity index (χ3n) is 4.17. The van der Waals surface area contributed by atoms with Crippen molar-refractivity contribution < 1.29 is 14.3 Å². The number of carbonyl (C=O) groups is 2. The van der Waals surface area contributed by atoms with Crippen molar-refractivity contribution in [1.29, 1.82) is 0 Å². The first-order valence-corrected chi connectivity index (χ1v) is 8.52. The molecule has 0 spiro atoms. The average Bonchev–Trinajstić information content (AvgIpc) is 2.62. The number of carbonyl (C=O) groups excluding carboxylic acids is 2. The summed E-state index contributed by atoms with van der Waals surface area (Å²) in [6.45, 7) is 0.681. The molecule has 130 valence electrons. The molecule has 0 unspecified atom stereocenters. The fourth-order valence-electron chi connectivity index (χ4n) is 2.88. The second-order valence-electron chi connectivity index (χ2n) is 5.82. The minimum absolute atomic E-state index is 0.0948. The topological polar surface area (TPSA) is 58.6 Å². The second kappa shape index (κ2) is 7.57. The summed E-state index contributed by atoms with van der Waals surface area (Å²) in [5.74, 6) is 0.346. The predicted octanol–water partition coefficient (Wildman–Crippen LogP) is 4.12. The zero-order chi connectivity index (χ0) is 17.8. The van der Waals surface area contributed by atoms with Crippen molar-refractivity contribution in [3.8, 4) is 5.75 Å². The van der Waals surface area contributed by atoms with Crippen LogP contribution in [0, 0.1) is 0 Å². The summed E-state index contributed by atoms with van der Waals surface area (Å²) in [5.41, 5.74) is 1.70. The highest BCUT2D eigenvalue weighted by molar-refractivity contribution is 6.34. The lowest BCUT2D eigenvalue weighted by Crippen LogP contribution is -2.35. The zero-order valence-electron chi connectivity index (χ0n) is 13.9. The van der Waals surface area contributed by atoms with Crippen LogP contribution in [-0.2, 0) is 4.79 Å². The number of nitrogens with one attached hydrogen (secondary N) is 1. The van der Waals surface area contributed by atoms with Crippen LogP contribution in [0.25, 0.3) is 0 Å². The Morgan fingerprint density at radius 3 is 2.72 bits per heavy atom. The van der Waals surface area contributed by atoms with E-state index in [0.717, 1.165) is 18.5 Å². The summed E-state index contributed by atoms with van der Waals surface area (Å²) in [6.07, 6.45) is 2.44. The molecule has 3 rings (SSSR count). The molecule has 0 bridgehead atoms. The van der Waals surface area contributed by atoms with Gasteiger partial charge in [-0.25, -0.2) is 0 Å². The number of rotatable bonds is 4. The van der Waals surface area contributed by atoms with Gasteiger partial charge in [0, 0.05) is 24.7 Å². The van der Waals surface area contributed by atoms with Crippen molar-refractivity contribution in [2.75, 3.05) is 23.9 Å². The van der Waals surface area contributed by atoms with Crippen LogP contribution < -0.4 is 15.0 Å². The minimum Gasteiger partial charge on any atom is -0.494 e. The van der Waals surface area contributed by atoms with Gasteiger partial charge in [0.15, 0.2) is 0 Å². The minimum atomic E-state index is -0.297. The second-order valence-corrected chi connectivity index (χ2v) is 6.23. The molecular weight excluding hydrogens is 340 g/mol. The fraction of sp³-hybridized carbons (Fsp3) is 0.263. The Kier molecular flexibility index (Phi) is 5.24. The Hall–Kier alpha value is -2.53. The van der Waals surface area contributed by atoms with Crippen molar-refractivity contribution in [3.63, 3.8) is 0 Å². The standard InChI is InChI=1S/C19H19ClN2O3/c1-25-17-12-13(21-19(24)14-6-2-3-7-15(14)20)9-10-16(17)22-11-5-4-8-18(22)23/h2-3,6-7,9-10,12H,4-5,8,11H2,1H3,(H,21,24). The van der Waals surface area contributed by atoms with Crippen molar-refractivity contribution in [1.82, 2.24) is 0 Å². The van der Waals surface area contributed by atoms with E-state index in [4.69, 9.17) is 16.3 Å². The summed E-state index contributed by atoms with van der Waals surface area (Å²) in [7, 11) is 1.55. The Labute approximate surface area is 151 Å². The van der Waals surface area contributed by atoms with E-state index in [1.54, 1.807) is 54.5 Å². The Morgan fingerprint density at radius 1 is 1.20 bits per heavy atom. The molecule has 0 atom stereocenters. The van der Waals surface area contributed by atoms with Crippen LogP contribution in [0.15, 0.2) is 42.5 Å². The summed E-state index contributed by atoms with van der Waals surface area (Å²) in [6, 6.07) is 12.1. The molecule has 1 fully saturated rings. The lowest BCUT2D eigenvalue weighted by molar-refractivity contribution is -0.119. The van der Waals surface area contributed by atoms with Crippen LogP contribution in [0.5, 0.6) is 5.75 Å². The van der Waals surface area contributed by atoms with Gasteiger partial charge in [-0.2, -0.15) is 0 Å². The zero-order valence-corrected chi connectivity index (χ0v) is 14.7. The number of hydrogen-bond donors (Lipinski definition) is 1. The number of methoxy groups -OCH3 is 1. The van der Waals surface area contributed by atoms with E-state index in [1.807, 2.05) is 0 Å². The Morgan fingerprint density at radius 2 is 2.00 bits per heavy atom. The van der Waals surface area contributed by atoms with Gasteiger partial charge in [0.25, 0.3) is 5.91 Å². The first-order valence-electron chi connectivity index (χ1n) is 8.14.